The molecule has 0 amide bonds. The van der Waals surface area contributed by atoms with Crippen molar-refractivity contribution < 1.29 is 49.0 Å². The van der Waals surface area contributed by atoms with Crippen molar-refractivity contribution in [3.8, 4) is 0 Å². The van der Waals surface area contributed by atoms with E-state index in [0.29, 0.717) is 0 Å². The summed E-state index contributed by atoms with van der Waals surface area (Å²) in [7, 11) is 0. The zero-order valence-electron chi connectivity index (χ0n) is 17.6. The molecule has 0 radical (unpaired) electrons. The van der Waals surface area contributed by atoms with Gasteiger partial charge in [0.1, 0.15) is 0 Å². The number of halogens is 2. The van der Waals surface area contributed by atoms with Crippen molar-refractivity contribution in [2.45, 2.75) is 48.0 Å². The van der Waals surface area contributed by atoms with Crippen LogP contribution in [-0.4, -0.2) is 3.21 Å². The summed E-state index contributed by atoms with van der Waals surface area (Å²) >= 11 is 1.55. The molecule has 3 aromatic carbocycles. The molecule has 0 bridgehead atoms. The van der Waals surface area contributed by atoms with Gasteiger partial charge < -0.3 is 24.8 Å². The standard InChI is InChI=1S/C17H17.C5H5.C3H6.2ClH.Zr/c1-10-5-12(3)14-9-15-13(4)6-11(2)8-17(15)16(14)7-10;1-2-4-5-3-1;1-3-2;;;/h5-9H,1-4H3;1-3H,4H2;1-2H3;2*1H;/q2*-1;;;;+2/p-2. The molecule has 0 nitrogen and oxygen atoms in total. The molecular formula is C25H28Cl2Zr-2. The van der Waals surface area contributed by atoms with E-state index in [2.05, 4.69) is 84.0 Å². The molecule has 148 valence electrons. The quantitative estimate of drug-likeness (QED) is 0.413. The maximum absolute atomic E-state index is 2.99. The monoisotopic (exact) mass is 488 g/mol. The third kappa shape index (κ3) is 7.51. The Kier molecular flexibility index (Phi) is 12.2. The average Bonchev–Trinajstić information content (AvgIpc) is 3.18. The van der Waals surface area contributed by atoms with E-state index in [0.717, 1.165) is 6.42 Å². The number of benzene rings is 2. The summed E-state index contributed by atoms with van der Waals surface area (Å²) in [6.45, 7) is 13.0. The summed E-state index contributed by atoms with van der Waals surface area (Å²) in [6.07, 6.45) is 10.0. The summed E-state index contributed by atoms with van der Waals surface area (Å²) in [6, 6.07) is 11.5. The molecule has 3 aromatic rings. The Bertz CT molecular complexity index is 915. The predicted molar refractivity (Wildman–Crippen MR) is 114 cm³/mol. The third-order valence-corrected chi connectivity index (χ3v) is 4.23. The molecule has 3 heteroatoms. The zero-order valence-corrected chi connectivity index (χ0v) is 21.6. The van der Waals surface area contributed by atoms with Crippen LogP contribution in [0, 0.1) is 33.8 Å². The van der Waals surface area contributed by atoms with Gasteiger partial charge >= 0.3 is 41.3 Å². The molecule has 0 aromatic heterocycles. The van der Waals surface area contributed by atoms with Gasteiger partial charge in [-0.3, -0.25) is 6.08 Å². The predicted octanol–water partition coefficient (Wildman–Crippen LogP) is 1.00. The minimum atomic E-state index is 0. The van der Waals surface area contributed by atoms with Crippen molar-refractivity contribution >= 4 is 24.8 Å². The first-order valence-corrected chi connectivity index (χ1v) is 10.3. The van der Waals surface area contributed by atoms with Crippen LogP contribution in [-0.2, 0) is 24.2 Å². The maximum Gasteiger partial charge on any atom is -0.0410 e. The van der Waals surface area contributed by atoms with Gasteiger partial charge in [-0.05, 0) is 13.8 Å². The Balaban J connectivity index is 0.000000559. The second kappa shape index (κ2) is 12.6. The molecule has 0 spiro atoms. The number of aryl methyl sites for hydroxylation is 4. The van der Waals surface area contributed by atoms with Crippen molar-refractivity contribution in [2.24, 2.45) is 0 Å². The molecule has 0 unspecified atom stereocenters. The SMILES string of the molecule is C[C](C)=[Zr+2].Cc1cc(C)c2[cH-]c3c(C)cc(C)cc3c2c1.[C-]1=CC=CC1.[Cl-].[Cl-]. The van der Waals surface area contributed by atoms with Gasteiger partial charge in [0.2, 0.25) is 0 Å². The van der Waals surface area contributed by atoms with Crippen LogP contribution in [0.4, 0.5) is 0 Å². The Morgan fingerprint density at radius 3 is 1.57 bits per heavy atom. The van der Waals surface area contributed by atoms with Gasteiger partial charge in [0, 0.05) is 0 Å². The molecule has 1 aliphatic carbocycles. The van der Waals surface area contributed by atoms with E-state index >= 15 is 0 Å². The van der Waals surface area contributed by atoms with Crippen LogP contribution in [0.2, 0.25) is 0 Å². The van der Waals surface area contributed by atoms with Gasteiger partial charge in [0.05, 0.1) is 0 Å². The molecule has 0 N–H and O–H groups in total. The Labute approximate surface area is 197 Å². The third-order valence-electron chi connectivity index (χ3n) is 4.23. The van der Waals surface area contributed by atoms with Crippen LogP contribution in [0.25, 0.3) is 21.5 Å². The minimum absolute atomic E-state index is 0. The second-order valence-corrected chi connectivity index (χ2v) is 9.69. The molecule has 1 aliphatic rings. The molecule has 28 heavy (non-hydrogen) atoms. The van der Waals surface area contributed by atoms with Crippen LogP contribution < -0.4 is 24.8 Å². The van der Waals surface area contributed by atoms with Gasteiger partial charge in [-0.15, -0.1) is 45.2 Å². The van der Waals surface area contributed by atoms with Crippen molar-refractivity contribution in [1.82, 2.24) is 0 Å². The first-order valence-electron chi connectivity index (χ1n) is 9.10. The number of fused-ring (bicyclic) bond motifs is 3. The smallest absolute Gasteiger partial charge is 0.0410 e. The Morgan fingerprint density at radius 1 is 0.857 bits per heavy atom. The van der Waals surface area contributed by atoms with Crippen molar-refractivity contribution in [2.75, 3.05) is 0 Å². The van der Waals surface area contributed by atoms with Crippen molar-refractivity contribution in [1.29, 1.82) is 0 Å². The van der Waals surface area contributed by atoms with Crippen molar-refractivity contribution in [3.05, 3.63) is 76.9 Å². The van der Waals surface area contributed by atoms with Crippen LogP contribution in [0.1, 0.15) is 42.5 Å². The fourth-order valence-corrected chi connectivity index (χ4v) is 3.27. The molecule has 0 saturated heterocycles. The van der Waals surface area contributed by atoms with E-state index in [1.54, 1.807) is 24.2 Å². The van der Waals surface area contributed by atoms with E-state index in [1.165, 1.54) is 47.0 Å². The summed E-state index contributed by atoms with van der Waals surface area (Å²) in [5.74, 6) is 0. The van der Waals surface area contributed by atoms with Gasteiger partial charge in [-0.25, -0.2) is 12.2 Å². The van der Waals surface area contributed by atoms with Gasteiger partial charge in [0.25, 0.3) is 0 Å². The molecule has 0 aliphatic heterocycles. The fraction of sp³-hybridized carbons (Fsp3) is 0.280. The van der Waals surface area contributed by atoms with Crippen LogP contribution in [0.3, 0.4) is 0 Å². The molecular weight excluding hydrogens is 462 g/mol. The fourth-order valence-electron chi connectivity index (χ4n) is 3.27. The maximum atomic E-state index is 2.99. The van der Waals surface area contributed by atoms with Crippen molar-refractivity contribution in [3.63, 3.8) is 0 Å². The van der Waals surface area contributed by atoms with Crippen LogP contribution >= 0.6 is 0 Å². The Morgan fingerprint density at radius 2 is 1.29 bits per heavy atom. The summed E-state index contributed by atoms with van der Waals surface area (Å²) < 4.78 is 1.51. The molecule has 0 saturated carbocycles. The van der Waals surface area contributed by atoms with Crippen LogP contribution in [0.5, 0.6) is 0 Å². The second-order valence-electron chi connectivity index (χ2n) is 7.23. The number of rotatable bonds is 0. The summed E-state index contributed by atoms with van der Waals surface area (Å²) in [5.41, 5.74) is 5.46. The zero-order chi connectivity index (χ0) is 19.3. The molecule has 0 fully saturated rings. The topological polar surface area (TPSA) is 0 Å². The Hall–Kier alpha value is -0.877. The first-order chi connectivity index (χ1) is 12.3. The van der Waals surface area contributed by atoms with Gasteiger partial charge in [-0.2, -0.15) is 6.08 Å². The molecule has 4 rings (SSSR count). The normalized spacial score (nSPS) is 11.1. The van der Waals surface area contributed by atoms with E-state index in [9.17, 15) is 0 Å². The van der Waals surface area contributed by atoms with E-state index < -0.39 is 0 Å². The largest absolute Gasteiger partial charge is 1.00 e. The first kappa shape index (κ1) is 27.1. The minimum Gasteiger partial charge on any atom is -1.00 e. The molecule has 0 heterocycles. The van der Waals surface area contributed by atoms with E-state index in [1.807, 2.05) is 12.2 Å². The van der Waals surface area contributed by atoms with Gasteiger partial charge in [-0.1, -0.05) is 49.2 Å². The number of hydrogen-bond acceptors (Lipinski definition) is 0. The van der Waals surface area contributed by atoms with E-state index in [-0.39, 0.29) is 24.8 Å². The van der Waals surface area contributed by atoms with Gasteiger partial charge in [0.15, 0.2) is 0 Å². The average molecular weight is 491 g/mol. The summed E-state index contributed by atoms with van der Waals surface area (Å²) in [5, 5.41) is 5.62. The van der Waals surface area contributed by atoms with Crippen LogP contribution in [0.15, 0.2) is 48.6 Å². The molecule has 0 atom stereocenters. The number of allylic oxidation sites excluding steroid dienone is 4. The summed E-state index contributed by atoms with van der Waals surface area (Å²) in [4.78, 5) is 0. The number of hydrogen-bond donors (Lipinski definition) is 0. The van der Waals surface area contributed by atoms with E-state index in [4.69, 9.17) is 0 Å².